The maximum absolute atomic E-state index is 13.8. The van der Waals surface area contributed by atoms with Gasteiger partial charge < -0.3 is 15.0 Å². The molecule has 0 bridgehead atoms. The van der Waals surface area contributed by atoms with Crippen molar-refractivity contribution in [1.29, 1.82) is 0 Å². The number of para-hydroxylation sites is 1. The first-order valence-corrected chi connectivity index (χ1v) is 13.5. The highest BCUT2D eigenvalue weighted by Gasteiger charge is 2.33. The van der Waals surface area contributed by atoms with E-state index in [1.807, 2.05) is 48.5 Å². The first-order valence-electron chi connectivity index (χ1n) is 12.8. The average Bonchev–Trinajstić information content (AvgIpc) is 2.92. The summed E-state index contributed by atoms with van der Waals surface area (Å²) in [6.07, 6.45) is 5.63. The van der Waals surface area contributed by atoms with E-state index >= 15 is 0 Å². The molecule has 3 aromatic carbocycles. The third kappa shape index (κ3) is 7.73. The number of carbonyl (C=O) groups excluding carboxylic acids is 2. The summed E-state index contributed by atoms with van der Waals surface area (Å²) in [6.45, 7) is -0.126. The summed E-state index contributed by atoms with van der Waals surface area (Å²) in [4.78, 5) is 29.0. The summed E-state index contributed by atoms with van der Waals surface area (Å²) in [7, 11) is 0. The zero-order valence-electron chi connectivity index (χ0n) is 20.7. The molecule has 0 aromatic heterocycles. The summed E-state index contributed by atoms with van der Waals surface area (Å²) in [5.74, 6) is 0.0874. The van der Waals surface area contributed by atoms with E-state index in [4.69, 9.17) is 27.9 Å². The highest BCUT2D eigenvalue weighted by atomic mass is 35.5. The number of ether oxygens (including phenoxy) is 1. The molecule has 37 heavy (non-hydrogen) atoms. The highest BCUT2D eigenvalue weighted by molar-refractivity contribution is 6.36. The lowest BCUT2D eigenvalue weighted by atomic mass is 9.94. The molecule has 0 radical (unpaired) electrons. The molecular formula is C30H32Cl2N2O3. The standard InChI is InChI=1S/C30H32Cl2N2O3/c31-26-17-10-18-27(32)25(26)20-34(29(35)21-37-24-15-8-3-9-16-24)28(19-22-11-4-1-5-12-22)30(36)33-23-13-6-2-7-14-23/h1,3-5,8-12,15-18,23,28H,2,6-7,13-14,19-21H2,(H,33,36)/t28-/m0/s1. The summed E-state index contributed by atoms with van der Waals surface area (Å²) < 4.78 is 5.79. The predicted molar refractivity (Wildman–Crippen MR) is 148 cm³/mol. The van der Waals surface area contributed by atoms with Crippen molar-refractivity contribution < 1.29 is 14.3 Å². The Kier molecular flexibility index (Phi) is 9.86. The second-order valence-corrected chi connectivity index (χ2v) is 10.2. The monoisotopic (exact) mass is 538 g/mol. The van der Waals surface area contributed by atoms with E-state index in [2.05, 4.69) is 5.32 Å². The Morgan fingerprint density at radius 3 is 2.14 bits per heavy atom. The Hall–Kier alpha value is -3.02. The maximum atomic E-state index is 13.8. The Labute approximate surface area is 228 Å². The van der Waals surface area contributed by atoms with Gasteiger partial charge in [-0.05, 0) is 42.7 Å². The fourth-order valence-electron chi connectivity index (χ4n) is 4.70. The molecule has 0 saturated heterocycles. The largest absolute Gasteiger partial charge is 0.484 e. The van der Waals surface area contributed by atoms with Crippen LogP contribution in [-0.4, -0.2) is 35.4 Å². The molecule has 0 heterocycles. The number of carbonyl (C=O) groups is 2. The van der Waals surface area contributed by atoms with Gasteiger partial charge in [0, 0.05) is 34.6 Å². The number of amides is 2. The van der Waals surface area contributed by atoms with Crippen LogP contribution in [0.1, 0.15) is 43.2 Å². The molecule has 0 aliphatic heterocycles. The van der Waals surface area contributed by atoms with Crippen LogP contribution in [-0.2, 0) is 22.6 Å². The zero-order chi connectivity index (χ0) is 26.0. The van der Waals surface area contributed by atoms with Crippen molar-refractivity contribution in [3.8, 4) is 5.75 Å². The molecule has 3 aromatic rings. The van der Waals surface area contributed by atoms with Gasteiger partial charge in [-0.15, -0.1) is 0 Å². The molecular weight excluding hydrogens is 507 g/mol. The lowest BCUT2D eigenvalue weighted by Crippen LogP contribution is -2.53. The second kappa shape index (κ2) is 13.5. The van der Waals surface area contributed by atoms with Crippen molar-refractivity contribution in [2.24, 2.45) is 0 Å². The third-order valence-corrected chi connectivity index (χ3v) is 7.43. The molecule has 1 aliphatic carbocycles. The Bertz CT molecular complexity index is 1150. The molecule has 1 saturated carbocycles. The normalized spacial score (nSPS) is 14.5. The van der Waals surface area contributed by atoms with Crippen LogP contribution in [0, 0.1) is 0 Å². The van der Waals surface area contributed by atoms with Gasteiger partial charge in [0.05, 0.1) is 0 Å². The molecule has 1 aliphatic rings. The van der Waals surface area contributed by atoms with Gasteiger partial charge in [-0.3, -0.25) is 9.59 Å². The van der Waals surface area contributed by atoms with Crippen LogP contribution in [0.4, 0.5) is 0 Å². The van der Waals surface area contributed by atoms with E-state index in [1.54, 1.807) is 35.2 Å². The summed E-state index contributed by atoms with van der Waals surface area (Å²) in [6, 6.07) is 23.5. The number of hydrogen-bond donors (Lipinski definition) is 1. The first kappa shape index (κ1) is 27.0. The van der Waals surface area contributed by atoms with E-state index in [0.29, 0.717) is 27.8 Å². The van der Waals surface area contributed by atoms with E-state index in [1.165, 1.54) is 6.42 Å². The number of benzene rings is 3. The van der Waals surface area contributed by atoms with Crippen molar-refractivity contribution in [3.05, 3.63) is 100 Å². The number of halogens is 2. The van der Waals surface area contributed by atoms with Crippen molar-refractivity contribution in [2.45, 2.75) is 57.2 Å². The molecule has 1 fully saturated rings. The summed E-state index contributed by atoms with van der Waals surface area (Å²) >= 11 is 13.0. The van der Waals surface area contributed by atoms with E-state index in [0.717, 1.165) is 31.2 Å². The number of rotatable bonds is 10. The van der Waals surface area contributed by atoms with Crippen LogP contribution in [0.2, 0.25) is 10.0 Å². The molecule has 4 rings (SSSR count). The minimum absolute atomic E-state index is 0.0884. The number of nitrogens with zero attached hydrogens (tertiary/aromatic N) is 1. The quantitative estimate of drug-likeness (QED) is 0.322. The lowest BCUT2D eigenvalue weighted by molar-refractivity contribution is -0.143. The summed E-state index contributed by atoms with van der Waals surface area (Å²) in [5, 5.41) is 4.11. The number of nitrogens with one attached hydrogen (secondary N) is 1. The van der Waals surface area contributed by atoms with Crippen LogP contribution in [0.15, 0.2) is 78.9 Å². The van der Waals surface area contributed by atoms with E-state index in [-0.39, 0.29) is 31.0 Å². The van der Waals surface area contributed by atoms with Gasteiger partial charge in [0.2, 0.25) is 5.91 Å². The fourth-order valence-corrected chi connectivity index (χ4v) is 5.21. The molecule has 5 nitrogen and oxygen atoms in total. The maximum Gasteiger partial charge on any atom is 0.261 e. The zero-order valence-corrected chi connectivity index (χ0v) is 22.3. The first-order chi connectivity index (χ1) is 18.0. The van der Waals surface area contributed by atoms with Gasteiger partial charge in [0.15, 0.2) is 6.61 Å². The van der Waals surface area contributed by atoms with Crippen molar-refractivity contribution in [3.63, 3.8) is 0 Å². The molecule has 1 atom stereocenters. The molecule has 2 amide bonds. The topological polar surface area (TPSA) is 58.6 Å². The molecule has 194 valence electrons. The molecule has 0 unspecified atom stereocenters. The van der Waals surface area contributed by atoms with Gasteiger partial charge in [-0.25, -0.2) is 0 Å². The number of hydrogen-bond acceptors (Lipinski definition) is 3. The molecule has 7 heteroatoms. The average molecular weight is 540 g/mol. The van der Waals surface area contributed by atoms with Gasteiger partial charge in [-0.1, -0.05) is 97.1 Å². The predicted octanol–water partition coefficient (Wildman–Crippen LogP) is 6.46. The SMILES string of the molecule is O=C(NC1CCCCC1)[C@H](Cc1ccccc1)N(Cc1c(Cl)cccc1Cl)C(=O)COc1ccccc1. The molecule has 0 spiro atoms. The van der Waals surface area contributed by atoms with E-state index in [9.17, 15) is 9.59 Å². The van der Waals surface area contributed by atoms with Crippen LogP contribution >= 0.6 is 23.2 Å². The minimum atomic E-state index is -0.761. The summed E-state index contributed by atoms with van der Waals surface area (Å²) in [5.41, 5.74) is 1.56. The van der Waals surface area contributed by atoms with Crippen LogP contribution in [0.3, 0.4) is 0 Å². The third-order valence-electron chi connectivity index (χ3n) is 6.72. The fraction of sp³-hybridized carbons (Fsp3) is 0.333. The minimum Gasteiger partial charge on any atom is -0.484 e. The van der Waals surface area contributed by atoms with Crippen molar-refractivity contribution in [1.82, 2.24) is 10.2 Å². The Morgan fingerprint density at radius 1 is 0.865 bits per heavy atom. The van der Waals surface area contributed by atoms with Crippen molar-refractivity contribution >= 4 is 35.0 Å². The van der Waals surface area contributed by atoms with Crippen LogP contribution in [0.25, 0.3) is 0 Å². The van der Waals surface area contributed by atoms with Crippen LogP contribution in [0.5, 0.6) is 5.75 Å². The highest BCUT2D eigenvalue weighted by Crippen LogP contribution is 2.28. The Morgan fingerprint density at radius 2 is 1.49 bits per heavy atom. The second-order valence-electron chi connectivity index (χ2n) is 9.37. The van der Waals surface area contributed by atoms with Gasteiger partial charge in [0.1, 0.15) is 11.8 Å². The van der Waals surface area contributed by atoms with Gasteiger partial charge >= 0.3 is 0 Å². The van der Waals surface area contributed by atoms with Crippen LogP contribution < -0.4 is 10.1 Å². The van der Waals surface area contributed by atoms with Gasteiger partial charge in [0.25, 0.3) is 5.91 Å². The van der Waals surface area contributed by atoms with Crippen molar-refractivity contribution in [2.75, 3.05) is 6.61 Å². The van der Waals surface area contributed by atoms with Gasteiger partial charge in [-0.2, -0.15) is 0 Å². The lowest BCUT2D eigenvalue weighted by Gasteiger charge is -2.33. The smallest absolute Gasteiger partial charge is 0.261 e. The Balaban J connectivity index is 1.64. The van der Waals surface area contributed by atoms with E-state index < -0.39 is 6.04 Å². The molecule has 1 N–H and O–H groups in total.